The number of ether oxygens (including phenoxy) is 1. The number of carbonyl (C=O) groups is 1. The Morgan fingerprint density at radius 3 is 2.85 bits per heavy atom. The molecule has 0 aliphatic carbocycles. The van der Waals surface area contributed by atoms with E-state index in [1.807, 2.05) is 6.92 Å². The minimum absolute atomic E-state index is 0.0233. The van der Waals surface area contributed by atoms with Crippen LogP contribution < -0.4 is 10.2 Å². The van der Waals surface area contributed by atoms with Crippen molar-refractivity contribution in [3.63, 3.8) is 0 Å². The van der Waals surface area contributed by atoms with Gasteiger partial charge in [-0.2, -0.15) is 0 Å². The SMILES string of the molecule is CCO[C@@H](C)C(=O)NC1CCN(c2cnccn2)CC1. The average molecular weight is 278 g/mol. The van der Waals surface area contributed by atoms with Crippen molar-refractivity contribution in [3.8, 4) is 0 Å². The summed E-state index contributed by atoms with van der Waals surface area (Å²) in [5, 5.41) is 3.05. The third-order valence-electron chi connectivity index (χ3n) is 3.50. The molecule has 6 heteroatoms. The van der Waals surface area contributed by atoms with Crippen LogP contribution in [-0.2, 0) is 9.53 Å². The van der Waals surface area contributed by atoms with Crippen molar-refractivity contribution in [1.82, 2.24) is 15.3 Å². The Hall–Kier alpha value is -1.69. The summed E-state index contributed by atoms with van der Waals surface area (Å²) >= 11 is 0. The van der Waals surface area contributed by atoms with Gasteiger partial charge in [-0.15, -0.1) is 0 Å². The van der Waals surface area contributed by atoms with Crippen LogP contribution in [-0.4, -0.2) is 47.7 Å². The Morgan fingerprint density at radius 2 is 2.25 bits per heavy atom. The first-order valence-electron chi connectivity index (χ1n) is 7.13. The van der Waals surface area contributed by atoms with Gasteiger partial charge in [-0.25, -0.2) is 4.98 Å². The number of carbonyl (C=O) groups excluding carboxylic acids is 1. The van der Waals surface area contributed by atoms with Crippen LogP contribution in [0.3, 0.4) is 0 Å². The second kappa shape index (κ2) is 7.19. The number of rotatable bonds is 5. The van der Waals surface area contributed by atoms with E-state index in [4.69, 9.17) is 4.74 Å². The fourth-order valence-corrected chi connectivity index (χ4v) is 2.35. The maximum atomic E-state index is 11.9. The third kappa shape index (κ3) is 3.90. The number of piperidine rings is 1. The van der Waals surface area contributed by atoms with Gasteiger partial charge in [0.25, 0.3) is 0 Å². The Morgan fingerprint density at radius 1 is 1.50 bits per heavy atom. The molecule has 0 radical (unpaired) electrons. The molecule has 2 rings (SSSR count). The summed E-state index contributed by atoms with van der Waals surface area (Å²) in [7, 11) is 0. The van der Waals surface area contributed by atoms with E-state index >= 15 is 0 Å². The highest BCUT2D eigenvalue weighted by molar-refractivity contribution is 5.80. The molecule has 0 unspecified atom stereocenters. The van der Waals surface area contributed by atoms with Crippen LogP contribution in [0.4, 0.5) is 5.82 Å². The molecule has 20 heavy (non-hydrogen) atoms. The molecule has 1 fully saturated rings. The predicted molar refractivity (Wildman–Crippen MR) is 76.5 cm³/mol. The van der Waals surface area contributed by atoms with Crippen LogP contribution in [0.25, 0.3) is 0 Å². The molecule has 1 aliphatic heterocycles. The molecule has 2 heterocycles. The van der Waals surface area contributed by atoms with Gasteiger partial charge in [0.15, 0.2) is 0 Å². The standard InChI is InChI=1S/C14H22N4O2/c1-3-20-11(2)14(19)17-12-4-8-18(9-5-12)13-10-15-6-7-16-13/h6-7,10-12H,3-5,8-9H2,1-2H3,(H,17,19)/t11-/m0/s1. The highest BCUT2D eigenvalue weighted by Crippen LogP contribution is 2.16. The lowest BCUT2D eigenvalue weighted by Gasteiger charge is -2.33. The summed E-state index contributed by atoms with van der Waals surface area (Å²) in [4.78, 5) is 22.5. The summed E-state index contributed by atoms with van der Waals surface area (Å²) in [5.41, 5.74) is 0. The van der Waals surface area contributed by atoms with E-state index in [0.717, 1.165) is 31.7 Å². The molecule has 1 N–H and O–H groups in total. The van der Waals surface area contributed by atoms with E-state index in [1.165, 1.54) is 0 Å². The lowest BCUT2D eigenvalue weighted by molar-refractivity contribution is -0.132. The Bertz CT molecular complexity index is 418. The maximum absolute atomic E-state index is 11.9. The Kier molecular flexibility index (Phi) is 5.29. The van der Waals surface area contributed by atoms with Gasteiger partial charge in [-0.1, -0.05) is 0 Å². The Labute approximate surface area is 119 Å². The molecule has 1 aromatic rings. The molecule has 1 aliphatic rings. The molecule has 0 saturated carbocycles. The van der Waals surface area contributed by atoms with Gasteiger partial charge in [-0.05, 0) is 26.7 Å². The number of anilines is 1. The zero-order valence-electron chi connectivity index (χ0n) is 12.1. The van der Waals surface area contributed by atoms with Crippen molar-refractivity contribution >= 4 is 11.7 Å². The number of hydrogen-bond acceptors (Lipinski definition) is 5. The van der Waals surface area contributed by atoms with Crippen molar-refractivity contribution in [2.45, 2.75) is 38.8 Å². The molecule has 0 spiro atoms. The lowest BCUT2D eigenvalue weighted by Crippen LogP contribution is -2.47. The molecule has 0 aromatic carbocycles. The Balaban J connectivity index is 1.78. The molecular formula is C14H22N4O2. The summed E-state index contributed by atoms with van der Waals surface area (Å²) < 4.78 is 5.29. The fraction of sp³-hybridized carbons (Fsp3) is 0.643. The number of aromatic nitrogens is 2. The van der Waals surface area contributed by atoms with Gasteiger partial charge < -0.3 is 15.0 Å². The zero-order chi connectivity index (χ0) is 14.4. The molecule has 0 bridgehead atoms. The normalized spacial score (nSPS) is 17.8. The van der Waals surface area contributed by atoms with Crippen LogP contribution in [0.5, 0.6) is 0 Å². The predicted octanol–water partition coefficient (Wildman–Crippen LogP) is 0.987. The van der Waals surface area contributed by atoms with Gasteiger partial charge in [0, 0.05) is 38.1 Å². The number of nitrogens with zero attached hydrogens (tertiary/aromatic N) is 3. The summed E-state index contributed by atoms with van der Waals surface area (Å²) in [6.07, 6.45) is 6.61. The zero-order valence-corrected chi connectivity index (χ0v) is 12.1. The highest BCUT2D eigenvalue weighted by Gasteiger charge is 2.23. The first kappa shape index (κ1) is 14.7. The second-order valence-corrected chi connectivity index (χ2v) is 4.93. The first-order chi connectivity index (χ1) is 9.70. The van der Waals surface area contributed by atoms with Gasteiger partial charge in [-0.3, -0.25) is 9.78 Å². The van der Waals surface area contributed by atoms with Crippen LogP contribution in [0.15, 0.2) is 18.6 Å². The summed E-state index contributed by atoms with van der Waals surface area (Å²) in [5.74, 6) is 0.879. The van der Waals surface area contributed by atoms with E-state index in [0.29, 0.717) is 6.61 Å². The molecule has 6 nitrogen and oxygen atoms in total. The topological polar surface area (TPSA) is 67.3 Å². The van der Waals surface area contributed by atoms with Crippen LogP contribution >= 0.6 is 0 Å². The lowest BCUT2D eigenvalue weighted by atomic mass is 10.0. The van der Waals surface area contributed by atoms with Crippen molar-refractivity contribution in [3.05, 3.63) is 18.6 Å². The van der Waals surface area contributed by atoms with Crippen LogP contribution in [0, 0.1) is 0 Å². The van der Waals surface area contributed by atoms with Gasteiger partial charge in [0.05, 0.1) is 6.20 Å². The van der Waals surface area contributed by atoms with Gasteiger partial charge in [0.1, 0.15) is 11.9 Å². The fourth-order valence-electron chi connectivity index (χ4n) is 2.35. The van der Waals surface area contributed by atoms with E-state index in [9.17, 15) is 4.79 Å². The van der Waals surface area contributed by atoms with E-state index < -0.39 is 0 Å². The van der Waals surface area contributed by atoms with Crippen molar-refractivity contribution in [2.75, 3.05) is 24.6 Å². The number of nitrogens with one attached hydrogen (secondary N) is 1. The molecule has 1 aromatic heterocycles. The van der Waals surface area contributed by atoms with Crippen molar-refractivity contribution < 1.29 is 9.53 Å². The second-order valence-electron chi connectivity index (χ2n) is 4.93. The van der Waals surface area contributed by atoms with E-state index in [-0.39, 0.29) is 18.1 Å². The highest BCUT2D eigenvalue weighted by atomic mass is 16.5. The molecule has 110 valence electrons. The van der Waals surface area contributed by atoms with E-state index in [2.05, 4.69) is 20.2 Å². The molecule has 1 atom stereocenters. The molecule has 1 amide bonds. The van der Waals surface area contributed by atoms with Crippen LogP contribution in [0.1, 0.15) is 26.7 Å². The monoisotopic (exact) mass is 278 g/mol. The maximum Gasteiger partial charge on any atom is 0.249 e. The summed E-state index contributed by atoms with van der Waals surface area (Å²) in [6, 6.07) is 0.221. The molecule has 1 saturated heterocycles. The van der Waals surface area contributed by atoms with Crippen molar-refractivity contribution in [1.29, 1.82) is 0 Å². The first-order valence-corrected chi connectivity index (χ1v) is 7.13. The number of hydrogen-bond donors (Lipinski definition) is 1. The average Bonchev–Trinajstić information content (AvgIpc) is 2.49. The largest absolute Gasteiger partial charge is 0.369 e. The smallest absolute Gasteiger partial charge is 0.249 e. The van der Waals surface area contributed by atoms with Gasteiger partial charge >= 0.3 is 0 Å². The minimum Gasteiger partial charge on any atom is -0.369 e. The number of amides is 1. The third-order valence-corrected chi connectivity index (χ3v) is 3.50. The quantitative estimate of drug-likeness (QED) is 0.870. The molecular weight excluding hydrogens is 256 g/mol. The van der Waals surface area contributed by atoms with Gasteiger partial charge in [0.2, 0.25) is 5.91 Å². The van der Waals surface area contributed by atoms with Crippen LogP contribution in [0.2, 0.25) is 0 Å². The minimum atomic E-state index is -0.377. The summed E-state index contributed by atoms with van der Waals surface area (Å²) in [6.45, 7) is 6.00. The van der Waals surface area contributed by atoms with E-state index in [1.54, 1.807) is 25.5 Å². The van der Waals surface area contributed by atoms with Crippen molar-refractivity contribution in [2.24, 2.45) is 0 Å².